The topological polar surface area (TPSA) is 90.2 Å². The number of ether oxygens (including phenoxy) is 1. The van der Waals surface area contributed by atoms with Crippen LogP contribution in [-0.2, 0) is 6.54 Å². The SMILES string of the molecule is COc1cc(NCc2ccncn2)ccc1[N+](=O)[O-]. The maximum atomic E-state index is 10.8. The summed E-state index contributed by atoms with van der Waals surface area (Å²) in [6.45, 7) is 0.503. The van der Waals surface area contributed by atoms with Crippen molar-refractivity contribution in [2.45, 2.75) is 6.54 Å². The van der Waals surface area contributed by atoms with Crippen molar-refractivity contribution in [3.8, 4) is 5.75 Å². The van der Waals surface area contributed by atoms with E-state index >= 15 is 0 Å². The molecule has 0 amide bonds. The molecule has 0 atom stereocenters. The number of hydrogen-bond donors (Lipinski definition) is 1. The van der Waals surface area contributed by atoms with E-state index < -0.39 is 4.92 Å². The van der Waals surface area contributed by atoms with Crippen molar-refractivity contribution in [1.82, 2.24) is 9.97 Å². The van der Waals surface area contributed by atoms with E-state index in [-0.39, 0.29) is 11.4 Å². The summed E-state index contributed by atoms with van der Waals surface area (Å²) in [5, 5.41) is 13.9. The van der Waals surface area contributed by atoms with E-state index in [0.29, 0.717) is 6.54 Å². The summed E-state index contributed by atoms with van der Waals surface area (Å²) in [5.41, 5.74) is 1.49. The van der Waals surface area contributed by atoms with E-state index in [1.165, 1.54) is 19.5 Å². The molecule has 98 valence electrons. The predicted molar refractivity (Wildman–Crippen MR) is 69.0 cm³/mol. The van der Waals surface area contributed by atoms with Crippen molar-refractivity contribution in [3.63, 3.8) is 0 Å². The highest BCUT2D eigenvalue weighted by Crippen LogP contribution is 2.29. The molecule has 19 heavy (non-hydrogen) atoms. The summed E-state index contributed by atoms with van der Waals surface area (Å²) < 4.78 is 4.99. The van der Waals surface area contributed by atoms with Crippen molar-refractivity contribution in [3.05, 3.63) is 52.6 Å². The van der Waals surface area contributed by atoms with E-state index in [9.17, 15) is 10.1 Å². The number of methoxy groups -OCH3 is 1. The molecule has 0 bridgehead atoms. The molecule has 1 aromatic carbocycles. The zero-order valence-electron chi connectivity index (χ0n) is 10.2. The lowest BCUT2D eigenvalue weighted by atomic mass is 10.2. The molecule has 0 aliphatic heterocycles. The van der Waals surface area contributed by atoms with Gasteiger partial charge in [0.25, 0.3) is 0 Å². The molecule has 0 spiro atoms. The van der Waals surface area contributed by atoms with Crippen LogP contribution in [0.15, 0.2) is 36.8 Å². The average molecular weight is 260 g/mol. The molecule has 0 aliphatic rings. The van der Waals surface area contributed by atoms with Crippen molar-refractivity contribution in [1.29, 1.82) is 0 Å². The highest BCUT2D eigenvalue weighted by atomic mass is 16.6. The molecule has 0 aliphatic carbocycles. The summed E-state index contributed by atoms with van der Waals surface area (Å²) >= 11 is 0. The Morgan fingerprint density at radius 3 is 2.89 bits per heavy atom. The quantitative estimate of drug-likeness (QED) is 0.653. The van der Waals surface area contributed by atoms with Gasteiger partial charge in [-0.2, -0.15) is 0 Å². The van der Waals surface area contributed by atoms with Crippen molar-refractivity contribution in [2.75, 3.05) is 12.4 Å². The van der Waals surface area contributed by atoms with Gasteiger partial charge in [0.15, 0.2) is 5.75 Å². The van der Waals surface area contributed by atoms with Crippen LogP contribution < -0.4 is 10.1 Å². The second-order valence-electron chi connectivity index (χ2n) is 3.70. The van der Waals surface area contributed by atoms with Gasteiger partial charge in [0.05, 0.1) is 24.3 Å². The lowest BCUT2D eigenvalue weighted by Gasteiger charge is -2.07. The molecule has 1 N–H and O–H groups in total. The highest BCUT2D eigenvalue weighted by Gasteiger charge is 2.14. The smallest absolute Gasteiger partial charge is 0.311 e. The fraction of sp³-hybridized carbons (Fsp3) is 0.167. The standard InChI is InChI=1S/C12H12N4O3/c1-19-12-6-9(2-3-11(12)16(17)18)14-7-10-4-5-13-8-15-10/h2-6,8,14H,7H2,1H3. The number of hydrogen-bond acceptors (Lipinski definition) is 6. The zero-order valence-corrected chi connectivity index (χ0v) is 10.2. The Hall–Kier alpha value is -2.70. The second-order valence-corrected chi connectivity index (χ2v) is 3.70. The van der Waals surface area contributed by atoms with Crippen LogP contribution in [0.25, 0.3) is 0 Å². The number of anilines is 1. The molecule has 7 heteroatoms. The van der Waals surface area contributed by atoms with Crippen LogP contribution in [0.2, 0.25) is 0 Å². The summed E-state index contributed by atoms with van der Waals surface area (Å²) in [6, 6.07) is 6.40. The minimum absolute atomic E-state index is 0.0601. The predicted octanol–water partition coefficient (Wildman–Crippen LogP) is 2.01. The lowest BCUT2D eigenvalue weighted by Crippen LogP contribution is -2.02. The first-order chi connectivity index (χ1) is 9.20. The second kappa shape index (κ2) is 5.76. The number of nitro groups is 1. The number of nitro benzene ring substituents is 1. The van der Waals surface area contributed by atoms with Gasteiger partial charge < -0.3 is 10.1 Å². The average Bonchev–Trinajstić information content (AvgIpc) is 2.45. The first kappa shape index (κ1) is 12.7. The molecule has 2 rings (SSSR count). The molecule has 1 aromatic heterocycles. The molecular formula is C12H12N4O3. The van der Waals surface area contributed by atoms with Crippen LogP contribution in [0, 0.1) is 10.1 Å². The monoisotopic (exact) mass is 260 g/mol. The van der Waals surface area contributed by atoms with Gasteiger partial charge in [0.1, 0.15) is 6.33 Å². The molecule has 0 unspecified atom stereocenters. The Morgan fingerprint density at radius 1 is 1.42 bits per heavy atom. The van der Waals surface area contributed by atoms with Gasteiger partial charge in [-0.3, -0.25) is 10.1 Å². The Morgan fingerprint density at radius 2 is 2.26 bits per heavy atom. The highest BCUT2D eigenvalue weighted by molar-refractivity contribution is 5.57. The van der Waals surface area contributed by atoms with Gasteiger partial charge in [-0.05, 0) is 12.1 Å². The normalized spacial score (nSPS) is 9.95. The summed E-state index contributed by atoms with van der Waals surface area (Å²) in [7, 11) is 1.40. The maximum absolute atomic E-state index is 10.8. The summed E-state index contributed by atoms with van der Waals surface area (Å²) in [5.74, 6) is 0.220. The van der Waals surface area contributed by atoms with Gasteiger partial charge in [-0.15, -0.1) is 0 Å². The maximum Gasteiger partial charge on any atom is 0.311 e. The van der Waals surface area contributed by atoms with Crippen LogP contribution in [-0.4, -0.2) is 22.0 Å². The molecule has 2 aromatic rings. The Labute approximate surface area is 109 Å². The lowest BCUT2D eigenvalue weighted by molar-refractivity contribution is -0.385. The third-order valence-corrected chi connectivity index (χ3v) is 2.49. The first-order valence-corrected chi connectivity index (χ1v) is 5.52. The number of rotatable bonds is 5. The van der Waals surface area contributed by atoms with Gasteiger partial charge >= 0.3 is 5.69 Å². The molecule has 0 radical (unpaired) electrons. The molecule has 7 nitrogen and oxygen atoms in total. The van der Waals surface area contributed by atoms with Crippen LogP contribution in [0.1, 0.15) is 5.69 Å². The van der Waals surface area contributed by atoms with E-state index in [4.69, 9.17) is 4.74 Å². The van der Waals surface area contributed by atoms with E-state index in [1.54, 1.807) is 24.4 Å². The number of aromatic nitrogens is 2. The third-order valence-electron chi connectivity index (χ3n) is 2.49. The van der Waals surface area contributed by atoms with Crippen LogP contribution in [0.5, 0.6) is 5.75 Å². The van der Waals surface area contributed by atoms with Gasteiger partial charge in [0.2, 0.25) is 0 Å². The largest absolute Gasteiger partial charge is 0.490 e. The van der Waals surface area contributed by atoms with Gasteiger partial charge in [0, 0.05) is 24.0 Å². The summed E-state index contributed by atoms with van der Waals surface area (Å²) in [6.07, 6.45) is 3.12. The number of nitrogens with one attached hydrogen (secondary N) is 1. The van der Waals surface area contributed by atoms with Crippen LogP contribution in [0.3, 0.4) is 0 Å². The van der Waals surface area contributed by atoms with Gasteiger partial charge in [-0.25, -0.2) is 9.97 Å². The fourth-order valence-electron chi connectivity index (χ4n) is 1.55. The summed E-state index contributed by atoms with van der Waals surface area (Å²) in [4.78, 5) is 18.2. The van der Waals surface area contributed by atoms with Crippen molar-refractivity contribution >= 4 is 11.4 Å². The number of benzene rings is 1. The Balaban J connectivity index is 2.11. The zero-order chi connectivity index (χ0) is 13.7. The fourth-order valence-corrected chi connectivity index (χ4v) is 1.55. The Kier molecular flexibility index (Phi) is 3.87. The van der Waals surface area contributed by atoms with Crippen LogP contribution >= 0.6 is 0 Å². The van der Waals surface area contributed by atoms with Crippen molar-refractivity contribution in [2.24, 2.45) is 0 Å². The molecule has 0 saturated heterocycles. The molecule has 0 fully saturated rings. The van der Waals surface area contributed by atoms with Crippen molar-refractivity contribution < 1.29 is 9.66 Å². The third kappa shape index (κ3) is 3.15. The molecule has 1 heterocycles. The first-order valence-electron chi connectivity index (χ1n) is 5.52. The van der Waals surface area contributed by atoms with E-state index in [2.05, 4.69) is 15.3 Å². The molecular weight excluding hydrogens is 248 g/mol. The van der Waals surface area contributed by atoms with E-state index in [1.807, 2.05) is 0 Å². The van der Waals surface area contributed by atoms with E-state index in [0.717, 1.165) is 11.4 Å². The Bertz CT molecular complexity index is 574. The minimum Gasteiger partial charge on any atom is -0.490 e. The van der Waals surface area contributed by atoms with Crippen LogP contribution in [0.4, 0.5) is 11.4 Å². The minimum atomic E-state index is -0.479. The molecule has 0 saturated carbocycles. The number of nitrogens with zero attached hydrogens (tertiary/aromatic N) is 3. The van der Waals surface area contributed by atoms with Gasteiger partial charge in [-0.1, -0.05) is 0 Å².